The van der Waals surface area contributed by atoms with Gasteiger partial charge in [-0.3, -0.25) is 0 Å². The Labute approximate surface area is 74.5 Å². The third-order valence-corrected chi connectivity index (χ3v) is 1.03. The predicted octanol–water partition coefficient (Wildman–Crippen LogP) is -0.0845. The van der Waals surface area contributed by atoms with Gasteiger partial charge in [0.1, 0.15) is 12.7 Å². The molecule has 0 aliphatic heterocycles. The Balaban J connectivity index is 3.37. The highest BCUT2D eigenvalue weighted by Crippen LogP contribution is 1.84. The van der Waals surface area contributed by atoms with Gasteiger partial charge in [0.05, 0.1) is 7.11 Å². The van der Waals surface area contributed by atoms with E-state index in [1.54, 1.807) is 0 Å². The zero-order valence-electron chi connectivity index (χ0n) is 6.54. The van der Waals surface area contributed by atoms with E-state index in [4.69, 9.17) is 11.6 Å². The first-order valence-electron chi connectivity index (χ1n) is 3.07. The van der Waals surface area contributed by atoms with E-state index >= 15 is 0 Å². The molecule has 70 valence electrons. The van der Waals surface area contributed by atoms with Crippen molar-refractivity contribution in [1.82, 2.24) is 0 Å². The summed E-state index contributed by atoms with van der Waals surface area (Å²) in [5.41, 5.74) is 0. The fraction of sp³-hybridized carbons (Fsp3) is 0.667. The normalized spacial score (nSPS) is 9.17. The van der Waals surface area contributed by atoms with Gasteiger partial charge >= 0.3 is 11.9 Å². The summed E-state index contributed by atoms with van der Waals surface area (Å²) in [4.78, 5) is 21.0. The summed E-state index contributed by atoms with van der Waals surface area (Å²) in [6.07, 6.45) is 0. The number of ether oxygens (including phenoxy) is 3. The summed E-state index contributed by atoms with van der Waals surface area (Å²) in [7, 11) is 1.20. The van der Waals surface area contributed by atoms with Gasteiger partial charge in [-0.05, 0) is 0 Å². The molecule has 5 nitrogen and oxygen atoms in total. The van der Waals surface area contributed by atoms with Crippen LogP contribution in [0, 0.1) is 0 Å². The third-order valence-electron chi connectivity index (χ3n) is 0.876. The van der Waals surface area contributed by atoms with Crippen molar-refractivity contribution in [2.24, 2.45) is 0 Å². The van der Waals surface area contributed by atoms with Gasteiger partial charge in [-0.2, -0.15) is 0 Å². The maximum absolute atomic E-state index is 10.6. The van der Waals surface area contributed by atoms with Gasteiger partial charge in [0.15, 0.2) is 6.61 Å². The van der Waals surface area contributed by atoms with Crippen LogP contribution >= 0.6 is 11.6 Å². The average molecular weight is 197 g/mol. The fourth-order valence-corrected chi connectivity index (χ4v) is 0.439. The Bertz CT molecular complexity index is 158. The van der Waals surface area contributed by atoms with Gasteiger partial charge in [-0.25, -0.2) is 9.59 Å². The molecule has 0 radical (unpaired) electrons. The largest absolute Gasteiger partial charge is 0.466 e. The fourth-order valence-electron chi connectivity index (χ4n) is 0.362. The monoisotopic (exact) mass is 196 g/mol. The van der Waals surface area contributed by atoms with Crippen molar-refractivity contribution in [3.05, 3.63) is 0 Å². The predicted molar refractivity (Wildman–Crippen MR) is 39.6 cm³/mol. The molecule has 0 N–H and O–H groups in total. The molecule has 0 spiro atoms. The first kappa shape index (κ1) is 11.2. The van der Waals surface area contributed by atoms with E-state index in [0.29, 0.717) is 0 Å². The Morgan fingerprint density at radius 3 is 2.42 bits per heavy atom. The lowest BCUT2D eigenvalue weighted by molar-refractivity contribution is -0.159. The summed E-state index contributed by atoms with van der Waals surface area (Å²) >= 11 is 5.11. The van der Waals surface area contributed by atoms with Crippen molar-refractivity contribution >= 4 is 23.5 Å². The van der Waals surface area contributed by atoms with Gasteiger partial charge in [-0.15, -0.1) is 0 Å². The highest BCUT2D eigenvalue weighted by molar-refractivity contribution is 6.17. The minimum Gasteiger partial charge on any atom is -0.466 e. The number of carbonyl (C=O) groups excluding carboxylic acids is 2. The van der Waals surface area contributed by atoms with Gasteiger partial charge < -0.3 is 14.2 Å². The topological polar surface area (TPSA) is 61.8 Å². The van der Waals surface area contributed by atoms with Crippen LogP contribution in [-0.4, -0.2) is 38.3 Å². The third kappa shape index (κ3) is 5.94. The maximum Gasteiger partial charge on any atom is 0.344 e. The zero-order chi connectivity index (χ0) is 9.40. The van der Waals surface area contributed by atoms with Crippen LogP contribution in [0.5, 0.6) is 0 Å². The van der Waals surface area contributed by atoms with Gasteiger partial charge in [0.2, 0.25) is 0 Å². The molecule has 0 fully saturated rings. The Hall–Kier alpha value is -0.810. The average Bonchev–Trinajstić information content (AvgIpc) is 2.10. The quantitative estimate of drug-likeness (QED) is 0.455. The summed E-state index contributed by atoms with van der Waals surface area (Å²) < 4.78 is 13.1. The second-order valence-electron chi connectivity index (χ2n) is 1.69. The highest BCUT2D eigenvalue weighted by atomic mass is 35.5. The van der Waals surface area contributed by atoms with E-state index in [1.165, 1.54) is 7.11 Å². The molecule has 0 aromatic carbocycles. The minimum atomic E-state index is -0.652. The van der Waals surface area contributed by atoms with Gasteiger partial charge in [-0.1, -0.05) is 11.6 Å². The van der Waals surface area contributed by atoms with Crippen LogP contribution in [-0.2, 0) is 23.8 Å². The van der Waals surface area contributed by atoms with Crippen molar-refractivity contribution in [3.63, 3.8) is 0 Å². The second-order valence-corrected chi connectivity index (χ2v) is 1.91. The van der Waals surface area contributed by atoms with Crippen LogP contribution in [0.25, 0.3) is 0 Å². The van der Waals surface area contributed by atoms with Crippen LogP contribution in [0.2, 0.25) is 0 Å². The molecule has 0 rings (SSSR count). The molecule has 0 aromatic rings. The molecule has 0 atom stereocenters. The van der Waals surface area contributed by atoms with Gasteiger partial charge in [0, 0.05) is 0 Å². The molecule has 0 unspecified atom stereocenters. The maximum atomic E-state index is 10.6. The minimum absolute atomic E-state index is 0.0900. The summed E-state index contributed by atoms with van der Waals surface area (Å²) in [5.74, 6) is -1.27. The Morgan fingerprint density at radius 1 is 1.25 bits per heavy atom. The molecular weight excluding hydrogens is 188 g/mol. The standard InChI is InChI=1S/C6H9ClO5/c1-10-5(8)3-12-6(9)2-11-4-7/h2-4H2,1H3. The van der Waals surface area contributed by atoms with Crippen LogP contribution < -0.4 is 0 Å². The van der Waals surface area contributed by atoms with Crippen molar-refractivity contribution in [2.75, 3.05) is 26.4 Å². The summed E-state index contributed by atoms with van der Waals surface area (Å²) in [6.45, 7) is -0.665. The van der Waals surface area contributed by atoms with Gasteiger partial charge in [0.25, 0.3) is 0 Å². The number of halogens is 1. The molecule has 0 aliphatic carbocycles. The first-order valence-corrected chi connectivity index (χ1v) is 3.60. The first-order chi connectivity index (χ1) is 5.70. The van der Waals surface area contributed by atoms with Crippen LogP contribution in [0.4, 0.5) is 0 Å². The lowest BCUT2D eigenvalue weighted by atomic mass is 10.7. The molecular formula is C6H9ClO5. The molecule has 6 heteroatoms. The van der Waals surface area contributed by atoms with E-state index in [2.05, 4.69) is 14.2 Å². The summed E-state index contributed by atoms with van der Waals surface area (Å²) in [6, 6.07) is -0.0900. The molecule has 12 heavy (non-hydrogen) atoms. The Morgan fingerprint density at radius 2 is 1.92 bits per heavy atom. The number of methoxy groups -OCH3 is 1. The molecule has 0 aliphatic rings. The van der Waals surface area contributed by atoms with Crippen molar-refractivity contribution in [2.45, 2.75) is 0 Å². The highest BCUT2D eigenvalue weighted by Gasteiger charge is 2.06. The lowest BCUT2D eigenvalue weighted by Crippen LogP contribution is -2.18. The molecule has 0 aromatic heterocycles. The number of carbonyl (C=O) groups is 2. The van der Waals surface area contributed by atoms with E-state index in [-0.39, 0.29) is 12.7 Å². The van der Waals surface area contributed by atoms with E-state index in [0.717, 1.165) is 0 Å². The lowest BCUT2D eigenvalue weighted by Gasteiger charge is -2.01. The number of hydrogen-bond donors (Lipinski definition) is 0. The Kier molecular flexibility index (Phi) is 6.41. The number of esters is 2. The number of rotatable bonds is 5. The summed E-state index contributed by atoms with van der Waals surface area (Å²) in [5, 5.41) is 0. The second kappa shape index (κ2) is 6.87. The van der Waals surface area contributed by atoms with Crippen LogP contribution in [0.1, 0.15) is 0 Å². The number of alkyl halides is 1. The van der Waals surface area contributed by atoms with Crippen molar-refractivity contribution < 1.29 is 23.8 Å². The number of hydrogen-bond acceptors (Lipinski definition) is 5. The van der Waals surface area contributed by atoms with Crippen molar-refractivity contribution in [3.8, 4) is 0 Å². The van der Waals surface area contributed by atoms with E-state index < -0.39 is 18.5 Å². The van der Waals surface area contributed by atoms with Crippen molar-refractivity contribution in [1.29, 1.82) is 0 Å². The SMILES string of the molecule is COC(=O)COC(=O)COCCl. The van der Waals surface area contributed by atoms with E-state index in [1.807, 2.05) is 0 Å². The molecule has 0 amide bonds. The molecule has 0 bridgehead atoms. The zero-order valence-corrected chi connectivity index (χ0v) is 7.30. The van der Waals surface area contributed by atoms with Crippen LogP contribution in [0.3, 0.4) is 0 Å². The van der Waals surface area contributed by atoms with Crippen LogP contribution in [0.15, 0.2) is 0 Å². The molecule has 0 heterocycles. The molecule has 0 saturated heterocycles. The van der Waals surface area contributed by atoms with E-state index in [9.17, 15) is 9.59 Å². The molecule has 0 saturated carbocycles. The smallest absolute Gasteiger partial charge is 0.344 e.